The first-order valence-electron chi connectivity index (χ1n) is 8.52. The largest absolute Gasteiger partial charge is 0.323 e. The summed E-state index contributed by atoms with van der Waals surface area (Å²) in [5.74, 6) is 2.36. The Morgan fingerprint density at radius 2 is 1.81 bits per heavy atom. The second-order valence-corrected chi connectivity index (χ2v) is 7.45. The summed E-state index contributed by atoms with van der Waals surface area (Å²) in [6.07, 6.45) is 2.46. The summed E-state index contributed by atoms with van der Waals surface area (Å²) in [5.41, 5.74) is 9.11. The lowest BCUT2D eigenvalue weighted by Gasteiger charge is -2.36. The molecule has 0 spiro atoms. The highest BCUT2D eigenvalue weighted by Gasteiger charge is 2.23. The van der Waals surface area contributed by atoms with Gasteiger partial charge < -0.3 is 10.6 Å². The molecule has 2 N–H and O–H groups in total. The normalized spacial score (nSPS) is 25.2. The highest BCUT2D eigenvalue weighted by Crippen LogP contribution is 2.24. The van der Waals surface area contributed by atoms with E-state index >= 15 is 0 Å². The molecule has 2 nitrogen and oxygen atoms in total. The van der Waals surface area contributed by atoms with Crippen LogP contribution in [0.1, 0.15) is 51.3 Å². The third-order valence-electron chi connectivity index (χ3n) is 4.92. The maximum absolute atomic E-state index is 6.42. The van der Waals surface area contributed by atoms with Gasteiger partial charge in [-0.15, -0.1) is 0 Å². The third kappa shape index (κ3) is 4.82. The van der Waals surface area contributed by atoms with E-state index in [1.165, 1.54) is 30.6 Å². The van der Waals surface area contributed by atoms with Crippen molar-refractivity contribution in [1.29, 1.82) is 0 Å². The Hall–Kier alpha value is -0.860. The minimum atomic E-state index is 0.138. The number of benzene rings is 1. The molecule has 1 heterocycles. The van der Waals surface area contributed by atoms with Crippen LogP contribution in [0.2, 0.25) is 0 Å². The number of hydrogen-bond donors (Lipinski definition) is 1. The van der Waals surface area contributed by atoms with Crippen LogP contribution in [-0.2, 0) is 6.42 Å². The van der Waals surface area contributed by atoms with Crippen molar-refractivity contribution in [3.63, 3.8) is 0 Å². The van der Waals surface area contributed by atoms with Crippen molar-refractivity contribution in [2.24, 2.45) is 23.5 Å². The average molecular weight is 288 g/mol. The number of piperidine rings is 1. The Kier molecular flexibility index (Phi) is 5.83. The van der Waals surface area contributed by atoms with E-state index in [4.69, 9.17) is 5.73 Å². The van der Waals surface area contributed by atoms with E-state index in [2.05, 4.69) is 56.9 Å². The van der Waals surface area contributed by atoms with Crippen molar-refractivity contribution >= 4 is 0 Å². The van der Waals surface area contributed by atoms with Gasteiger partial charge >= 0.3 is 0 Å². The molecule has 2 heteroatoms. The summed E-state index contributed by atoms with van der Waals surface area (Å²) in [7, 11) is 0. The maximum atomic E-state index is 6.42. The molecule has 0 aliphatic carbocycles. The van der Waals surface area contributed by atoms with Crippen LogP contribution in [0, 0.1) is 17.8 Å². The van der Waals surface area contributed by atoms with E-state index in [9.17, 15) is 0 Å². The molecule has 2 rings (SSSR count). The zero-order valence-electron chi connectivity index (χ0n) is 14.2. The van der Waals surface area contributed by atoms with Gasteiger partial charge in [-0.25, -0.2) is 0 Å². The summed E-state index contributed by atoms with van der Waals surface area (Å²) in [6, 6.07) is 9.07. The van der Waals surface area contributed by atoms with Gasteiger partial charge in [0.15, 0.2) is 0 Å². The summed E-state index contributed by atoms with van der Waals surface area (Å²) in [5, 5.41) is 0. The first-order valence-corrected chi connectivity index (χ1v) is 8.52. The molecule has 1 aromatic carbocycles. The fourth-order valence-corrected chi connectivity index (χ4v) is 3.27. The van der Waals surface area contributed by atoms with Gasteiger partial charge in [0.2, 0.25) is 0 Å². The molecule has 118 valence electrons. The summed E-state index contributed by atoms with van der Waals surface area (Å²) in [6.45, 7) is 12.6. The number of nitrogens with two attached hydrogens (primary N) is 1. The minimum Gasteiger partial charge on any atom is -0.323 e. The fourth-order valence-electron chi connectivity index (χ4n) is 3.27. The van der Waals surface area contributed by atoms with Crippen LogP contribution < -0.4 is 5.73 Å². The molecular formula is C19H32N2. The van der Waals surface area contributed by atoms with Crippen LogP contribution in [0.4, 0.5) is 0 Å². The highest BCUT2D eigenvalue weighted by molar-refractivity contribution is 5.25. The van der Waals surface area contributed by atoms with Crippen molar-refractivity contribution in [2.75, 3.05) is 19.6 Å². The lowest BCUT2D eigenvalue weighted by molar-refractivity contribution is 0.132. The number of nitrogens with zero attached hydrogens (tertiary/aromatic N) is 1. The van der Waals surface area contributed by atoms with E-state index in [1.54, 1.807) is 0 Å². The van der Waals surface area contributed by atoms with E-state index < -0.39 is 0 Å². The molecule has 0 radical (unpaired) electrons. The fraction of sp³-hybridized carbons (Fsp3) is 0.684. The molecule has 1 aromatic rings. The van der Waals surface area contributed by atoms with Crippen molar-refractivity contribution in [3.8, 4) is 0 Å². The topological polar surface area (TPSA) is 29.3 Å². The van der Waals surface area contributed by atoms with Gasteiger partial charge in [0.05, 0.1) is 0 Å². The van der Waals surface area contributed by atoms with E-state index in [-0.39, 0.29) is 6.04 Å². The lowest BCUT2D eigenvalue weighted by atomic mass is 9.88. The Morgan fingerprint density at radius 1 is 1.14 bits per heavy atom. The predicted molar refractivity (Wildman–Crippen MR) is 91.3 cm³/mol. The van der Waals surface area contributed by atoms with Gasteiger partial charge in [0, 0.05) is 19.1 Å². The van der Waals surface area contributed by atoms with Crippen LogP contribution >= 0.6 is 0 Å². The zero-order valence-corrected chi connectivity index (χ0v) is 14.2. The molecule has 0 aromatic heterocycles. The van der Waals surface area contributed by atoms with Crippen molar-refractivity contribution in [3.05, 3.63) is 35.4 Å². The highest BCUT2D eigenvalue weighted by atomic mass is 15.1. The maximum Gasteiger partial charge on any atom is 0.0424 e. The second-order valence-electron chi connectivity index (χ2n) is 7.45. The van der Waals surface area contributed by atoms with Gasteiger partial charge in [-0.3, -0.25) is 0 Å². The Morgan fingerprint density at radius 3 is 2.38 bits per heavy atom. The molecule has 1 saturated heterocycles. The molecule has 3 atom stereocenters. The van der Waals surface area contributed by atoms with E-state index in [0.29, 0.717) is 5.92 Å². The molecule has 1 aliphatic rings. The first kappa shape index (κ1) is 16.5. The van der Waals surface area contributed by atoms with Crippen LogP contribution in [-0.4, -0.2) is 24.5 Å². The van der Waals surface area contributed by atoms with Gasteiger partial charge in [0.25, 0.3) is 0 Å². The molecule has 0 amide bonds. The smallest absolute Gasteiger partial charge is 0.0424 e. The van der Waals surface area contributed by atoms with E-state index in [1.807, 2.05) is 0 Å². The zero-order chi connectivity index (χ0) is 15.4. The lowest BCUT2D eigenvalue weighted by Crippen LogP contribution is -2.41. The first-order chi connectivity index (χ1) is 9.95. The van der Waals surface area contributed by atoms with Crippen LogP contribution in [0.15, 0.2) is 24.3 Å². The van der Waals surface area contributed by atoms with Gasteiger partial charge in [-0.1, -0.05) is 52.0 Å². The molecule has 1 aliphatic heterocycles. The Labute approximate surface area is 130 Å². The average Bonchev–Trinajstić information content (AvgIpc) is 2.43. The van der Waals surface area contributed by atoms with Crippen molar-refractivity contribution in [1.82, 2.24) is 4.90 Å². The number of likely N-dealkylation sites (tertiary alicyclic amines) is 1. The predicted octanol–water partition coefficient (Wildman–Crippen LogP) is 3.86. The van der Waals surface area contributed by atoms with Crippen molar-refractivity contribution < 1.29 is 0 Å². The molecular weight excluding hydrogens is 256 g/mol. The molecule has 0 saturated carbocycles. The van der Waals surface area contributed by atoms with Crippen LogP contribution in [0.5, 0.6) is 0 Å². The van der Waals surface area contributed by atoms with Gasteiger partial charge in [0.1, 0.15) is 0 Å². The number of hydrogen-bond acceptors (Lipinski definition) is 2. The molecule has 1 fully saturated rings. The summed E-state index contributed by atoms with van der Waals surface area (Å²) < 4.78 is 0. The second kappa shape index (κ2) is 7.42. The monoisotopic (exact) mass is 288 g/mol. The minimum absolute atomic E-state index is 0.138. The molecule has 0 bridgehead atoms. The Balaban J connectivity index is 1.89. The van der Waals surface area contributed by atoms with E-state index in [0.717, 1.165) is 24.8 Å². The van der Waals surface area contributed by atoms with Gasteiger partial charge in [-0.2, -0.15) is 0 Å². The standard InChI is InChI=1S/C19H32N2/c1-14(2)11-17-5-7-18(8-6-17)19(20)13-21-10-9-15(3)16(4)12-21/h5-8,14-16,19H,9-13,20H2,1-4H3. The summed E-state index contributed by atoms with van der Waals surface area (Å²) >= 11 is 0. The van der Waals surface area contributed by atoms with Gasteiger partial charge in [-0.05, 0) is 48.3 Å². The summed E-state index contributed by atoms with van der Waals surface area (Å²) in [4.78, 5) is 2.54. The third-order valence-corrected chi connectivity index (χ3v) is 4.92. The SMILES string of the molecule is CC(C)Cc1ccc(C(N)CN2CCC(C)C(C)C2)cc1. The molecule has 3 unspecified atom stereocenters. The van der Waals surface area contributed by atoms with Crippen LogP contribution in [0.25, 0.3) is 0 Å². The van der Waals surface area contributed by atoms with Crippen molar-refractivity contribution in [2.45, 2.75) is 46.6 Å². The molecule has 21 heavy (non-hydrogen) atoms. The number of rotatable bonds is 5. The Bertz CT molecular complexity index is 424. The van der Waals surface area contributed by atoms with Crippen LogP contribution in [0.3, 0.4) is 0 Å². The quantitative estimate of drug-likeness (QED) is 0.891.